The molecule has 0 rings (SSSR count). The van der Waals surface area contributed by atoms with E-state index in [-0.39, 0.29) is 6.61 Å². The Morgan fingerprint density at radius 3 is 2.67 bits per heavy atom. The summed E-state index contributed by atoms with van der Waals surface area (Å²) in [6.45, 7) is 0.154. The third kappa shape index (κ3) is 4.05. The fourth-order valence-corrected chi connectivity index (χ4v) is 0.418. The predicted octanol–water partition coefficient (Wildman–Crippen LogP) is 0.855. The maximum atomic E-state index is 8.10. The Morgan fingerprint density at radius 2 is 2.50 bits per heavy atom. The third-order valence-electron chi connectivity index (χ3n) is 0.338. The van der Waals surface area contributed by atoms with E-state index in [0.717, 1.165) is 0 Å². The molecule has 0 saturated carbocycles. The normalized spacial score (nSPS) is 10.3. The molecule has 0 aromatic heterocycles. The van der Waals surface area contributed by atoms with Crippen LogP contribution < -0.4 is 0 Å². The van der Waals surface area contributed by atoms with Gasteiger partial charge >= 0.3 is 0 Å². The predicted molar refractivity (Wildman–Crippen MR) is 29.7 cm³/mol. The molecule has 0 bridgehead atoms. The molecule has 0 atom stereocenters. The molecule has 0 heterocycles. The lowest BCUT2D eigenvalue weighted by atomic mass is 10.7. The van der Waals surface area contributed by atoms with Crippen molar-refractivity contribution in [1.29, 1.82) is 0 Å². The second-order valence-electron chi connectivity index (χ2n) is 0.790. The Morgan fingerprint density at radius 1 is 1.83 bits per heavy atom. The van der Waals surface area contributed by atoms with Crippen molar-refractivity contribution in [1.82, 2.24) is 0 Å². The lowest BCUT2D eigenvalue weighted by Crippen LogP contribution is -1.65. The Balaban J connectivity index is 2.73. The molecule has 2 heteroatoms. The summed E-state index contributed by atoms with van der Waals surface area (Å²) in [7, 11) is 0. The molecular weight excluding hydrogens is 96.1 g/mol. The second kappa shape index (κ2) is 5.05. The quantitative estimate of drug-likeness (QED) is 0.560. The summed E-state index contributed by atoms with van der Waals surface area (Å²) in [5.74, 6) is 0. The fourth-order valence-electron chi connectivity index (χ4n) is 0.139. The van der Waals surface area contributed by atoms with E-state index in [2.05, 4.69) is 0 Å². The number of hydrogen-bond donors (Lipinski definition) is 1. The molecule has 36 valence electrons. The van der Waals surface area contributed by atoms with Crippen LogP contribution in [0.1, 0.15) is 0 Å². The summed E-state index contributed by atoms with van der Waals surface area (Å²) in [5, 5.41) is 9.94. The first-order valence-corrected chi connectivity index (χ1v) is 2.99. The van der Waals surface area contributed by atoms with Gasteiger partial charge < -0.3 is 5.11 Å². The topological polar surface area (TPSA) is 20.2 Å². The van der Waals surface area contributed by atoms with Crippen molar-refractivity contribution in [2.24, 2.45) is 0 Å². The Kier molecular flexibility index (Phi) is 5.09. The van der Waals surface area contributed by atoms with Crippen LogP contribution in [0.25, 0.3) is 0 Å². The zero-order chi connectivity index (χ0) is 4.83. The lowest BCUT2D eigenvalue weighted by molar-refractivity contribution is 0.343. The standard InChI is InChI=1S/C4H8OS/c1-6-4-2-3-5/h2,4-5H,3H2,1H3/b4-2-. The third-order valence-corrected chi connectivity index (χ3v) is 0.802. The molecule has 0 aliphatic carbocycles. The van der Waals surface area contributed by atoms with E-state index >= 15 is 0 Å². The molecule has 0 aromatic rings. The van der Waals surface area contributed by atoms with Gasteiger partial charge in [0.05, 0.1) is 6.61 Å². The first-order chi connectivity index (χ1) is 2.91. The van der Waals surface area contributed by atoms with Crippen LogP contribution >= 0.6 is 11.8 Å². The van der Waals surface area contributed by atoms with E-state index in [1.165, 1.54) is 0 Å². The van der Waals surface area contributed by atoms with Gasteiger partial charge in [0.1, 0.15) is 0 Å². The SMILES string of the molecule is CS/C=C\CO. The summed E-state index contributed by atoms with van der Waals surface area (Å²) >= 11 is 1.59. The minimum absolute atomic E-state index is 0.154. The van der Waals surface area contributed by atoms with Gasteiger partial charge in [0, 0.05) is 0 Å². The number of aliphatic hydroxyl groups is 1. The minimum atomic E-state index is 0.154. The minimum Gasteiger partial charge on any atom is -0.392 e. The van der Waals surface area contributed by atoms with E-state index in [1.807, 2.05) is 11.7 Å². The summed E-state index contributed by atoms with van der Waals surface area (Å²) in [6, 6.07) is 0. The average Bonchev–Trinajstić information content (AvgIpc) is 1.61. The first kappa shape index (κ1) is 6.05. The van der Waals surface area contributed by atoms with Crippen molar-refractivity contribution in [2.75, 3.05) is 12.9 Å². The molecule has 0 aromatic carbocycles. The summed E-state index contributed by atoms with van der Waals surface area (Å²) in [5.41, 5.74) is 0. The molecule has 6 heavy (non-hydrogen) atoms. The van der Waals surface area contributed by atoms with E-state index in [1.54, 1.807) is 17.8 Å². The van der Waals surface area contributed by atoms with Crippen molar-refractivity contribution in [3.05, 3.63) is 11.5 Å². The Hall–Kier alpha value is 0.0500. The van der Waals surface area contributed by atoms with Crippen LogP contribution in [0.2, 0.25) is 0 Å². The van der Waals surface area contributed by atoms with Crippen LogP contribution in [-0.2, 0) is 0 Å². The van der Waals surface area contributed by atoms with E-state index in [0.29, 0.717) is 0 Å². The van der Waals surface area contributed by atoms with Crippen LogP contribution in [-0.4, -0.2) is 18.0 Å². The first-order valence-electron chi connectivity index (χ1n) is 1.70. The van der Waals surface area contributed by atoms with Gasteiger partial charge in [-0.2, -0.15) is 0 Å². The fraction of sp³-hybridized carbons (Fsp3) is 0.500. The van der Waals surface area contributed by atoms with Gasteiger partial charge in [0.2, 0.25) is 0 Å². The average molecular weight is 104 g/mol. The second-order valence-corrected chi connectivity index (χ2v) is 1.53. The maximum Gasteiger partial charge on any atom is 0.0620 e. The molecular formula is C4H8OS. The summed E-state index contributed by atoms with van der Waals surface area (Å²) in [6.07, 6.45) is 3.65. The highest BCUT2D eigenvalue weighted by atomic mass is 32.2. The van der Waals surface area contributed by atoms with Gasteiger partial charge in [0.25, 0.3) is 0 Å². The van der Waals surface area contributed by atoms with Crippen molar-refractivity contribution in [3.63, 3.8) is 0 Å². The lowest BCUT2D eigenvalue weighted by Gasteiger charge is -1.73. The molecule has 0 spiro atoms. The molecule has 0 radical (unpaired) electrons. The van der Waals surface area contributed by atoms with E-state index in [4.69, 9.17) is 5.11 Å². The van der Waals surface area contributed by atoms with E-state index in [9.17, 15) is 0 Å². The summed E-state index contributed by atoms with van der Waals surface area (Å²) < 4.78 is 0. The van der Waals surface area contributed by atoms with Gasteiger partial charge in [-0.25, -0.2) is 0 Å². The van der Waals surface area contributed by atoms with Crippen LogP contribution in [0.4, 0.5) is 0 Å². The number of hydrogen-bond acceptors (Lipinski definition) is 2. The molecule has 0 unspecified atom stereocenters. The number of aliphatic hydroxyl groups excluding tert-OH is 1. The maximum absolute atomic E-state index is 8.10. The molecule has 0 fully saturated rings. The highest BCUT2D eigenvalue weighted by molar-refractivity contribution is 8.01. The van der Waals surface area contributed by atoms with Crippen LogP contribution in [0, 0.1) is 0 Å². The monoisotopic (exact) mass is 104 g/mol. The van der Waals surface area contributed by atoms with Gasteiger partial charge in [-0.1, -0.05) is 6.08 Å². The largest absolute Gasteiger partial charge is 0.392 e. The smallest absolute Gasteiger partial charge is 0.0620 e. The van der Waals surface area contributed by atoms with Crippen LogP contribution in [0.3, 0.4) is 0 Å². The summed E-state index contributed by atoms with van der Waals surface area (Å²) in [4.78, 5) is 0. The highest BCUT2D eigenvalue weighted by Gasteiger charge is 1.60. The molecule has 0 saturated heterocycles. The molecule has 0 aliphatic heterocycles. The Labute approximate surface area is 42.1 Å². The van der Waals surface area contributed by atoms with Gasteiger partial charge in [0.15, 0.2) is 0 Å². The number of thioether (sulfide) groups is 1. The molecule has 0 aliphatic rings. The van der Waals surface area contributed by atoms with Gasteiger partial charge in [-0.3, -0.25) is 0 Å². The highest BCUT2D eigenvalue weighted by Crippen LogP contribution is 1.90. The molecule has 1 N–H and O–H groups in total. The molecule has 0 amide bonds. The van der Waals surface area contributed by atoms with E-state index < -0.39 is 0 Å². The van der Waals surface area contributed by atoms with Crippen molar-refractivity contribution in [2.45, 2.75) is 0 Å². The Bertz CT molecular complexity index is 36.8. The zero-order valence-corrected chi connectivity index (χ0v) is 4.53. The van der Waals surface area contributed by atoms with Gasteiger partial charge in [-0.05, 0) is 11.7 Å². The zero-order valence-electron chi connectivity index (χ0n) is 3.72. The number of rotatable bonds is 2. The van der Waals surface area contributed by atoms with Crippen LogP contribution in [0.15, 0.2) is 11.5 Å². The van der Waals surface area contributed by atoms with Crippen molar-refractivity contribution in [3.8, 4) is 0 Å². The van der Waals surface area contributed by atoms with Crippen LogP contribution in [0.5, 0.6) is 0 Å². The van der Waals surface area contributed by atoms with Gasteiger partial charge in [-0.15, -0.1) is 11.8 Å². The molecule has 1 nitrogen and oxygen atoms in total. The van der Waals surface area contributed by atoms with Crippen molar-refractivity contribution >= 4 is 11.8 Å². The van der Waals surface area contributed by atoms with Crippen molar-refractivity contribution < 1.29 is 5.11 Å².